The van der Waals surface area contributed by atoms with Gasteiger partial charge in [0.05, 0.1) is 5.75 Å². The summed E-state index contributed by atoms with van der Waals surface area (Å²) in [7, 11) is -3.34. The molecule has 0 aliphatic rings. The van der Waals surface area contributed by atoms with Crippen molar-refractivity contribution in [2.45, 2.75) is 26.3 Å². The second-order valence-corrected chi connectivity index (χ2v) is 6.70. The molecule has 0 amide bonds. The minimum atomic E-state index is -3.34. The molecule has 0 heterocycles. The summed E-state index contributed by atoms with van der Waals surface area (Å²) in [5, 5.41) is -0.499. The van der Waals surface area contributed by atoms with E-state index in [2.05, 4.69) is 0 Å². The molecule has 0 unspecified atom stereocenters. The monoisotopic (exact) mass is 303 g/mol. The highest BCUT2D eigenvalue weighted by molar-refractivity contribution is 7.89. The fourth-order valence-electron chi connectivity index (χ4n) is 1.72. The van der Waals surface area contributed by atoms with Crippen molar-refractivity contribution in [3.63, 3.8) is 0 Å². The molecule has 1 aromatic carbocycles. The molecular formula is C13H18ClNO3S. The quantitative estimate of drug-likeness (QED) is 0.693. The Bertz CT molecular complexity index is 502. The zero-order valence-electron chi connectivity index (χ0n) is 10.9. The number of hydrogen-bond acceptors (Lipinski definition) is 3. The molecule has 106 valence electrons. The van der Waals surface area contributed by atoms with Gasteiger partial charge in [-0.3, -0.25) is 4.79 Å². The SMILES string of the molecule is CCN(Cc1ccccc1)S(=O)(=O)CCCC(=O)Cl. The summed E-state index contributed by atoms with van der Waals surface area (Å²) in [6.07, 6.45) is 0.347. The van der Waals surface area contributed by atoms with Gasteiger partial charge in [-0.2, -0.15) is 4.31 Å². The van der Waals surface area contributed by atoms with Crippen molar-refractivity contribution < 1.29 is 13.2 Å². The molecule has 0 saturated heterocycles. The van der Waals surface area contributed by atoms with Crippen LogP contribution in [-0.4, -0.2) is 30.3 Å². The van der Waals surface area contributed by atoms with Crippen LogP contribution in [0.5, 0.6) is 0 Å². The van der Waals surface area contributed by atoms with Crippen LogP contribution in [0.4, 0.5) is 0 Å². The van der Waals surface area contributed by atoms with Gasteiger partial charge in [-0.05, 0) is 23.6 Å². The van der Waals surface area contributed by atoms with E-state index in [0.717, 1.165) is 5.56 Å². The Morgan fingerprint density at radius 2 is 1.89 bits per heavy atom. The van der Waals surface area contributed by atoms with E-state index in [0.29, 0.717) is 13.1 Å². The van der Waals surface area contributed by atoms with Crippen LogP contribution in [0.25, 0.3) is 0 Å². The Labute approximate surface area is 119 Å². The van der Waals surface area contributed by atoms with E-state index in [1.807, 2.05) is 30.3 Å². The molecule has 0 saturated carbocycles. The van der Waals surface area contributed by atoms with Crippen molar-refractivity contribution in [3.8, 4) is 0 Å². The molecule has 0 aromatic heterocycles. The fourth-order valence-corrected chi connectivity index (χ4v) is 3.36. The van der Waals surface area contributed by atoms with E-state index >= 15 is 0 Å². The van der Waals surface area contributed by atoms with Crippen LogP contribution in [0.3, 0.4) is 0 Å². The van der Waals surface area contributed by atoms with Crippen molar-refractivity contribution in [1.82, 2.24) is 4.31 Å². The molecule has 6 heteroatoms. The maximum atomic E-state index is 12.1. The number of rotatable bonds is 8. The largest absolute Gasteiger partial charge is 0.281 e. The molecule has 0 spiro atoms. The lowest BCUT2D eigenvalue weighted by molar-refractivity contribution is -0.111. The Hall–Kier alpha value is -0.910. The summed E-state index contributed by atoms with van der Waals surface area (Å²) >= 11 is 5.20. The van der Waals surface area contributed by atoms with Crippen LogP contribution in [-0.2, 0) is 21.4 Å². The van der Waals surface area contributed by atoms with E-state index in [4.69, 9.17) is 11.6 Å². The standard InChI is InChI=1S/C13H18ClNO3S/c1-2-15(11-12-7-4-3-5-8-12)19(17,18)10-6-9-13(14)16/h3-5,7-8H,2,6,9-11H2,1H3. The predicted molar refractivity (Wildman–Crippen MR) is 76.4 cm³/mol. The van der Waals surface area contributed by atoms with Crippen LogP contribution in [0, 0.1) is 0 Å². The number of hydrogen-bond donors (Lipinski definition) is 0. The van der Waals surface area contributed by atoms with Gasteiger partial charge in [-0.15, -0.1) is 0 Å². The van der Waals surface area contributed by atoms with Gasteiger partial charge in [-0.1, -0.05) is 37.3 Å². The zero-order chi connectivity index (χ0) is 14.3. The number of sulfonamides is 1. The first kappa shape index (κ1) is 16.1. The van der Waals surface area contributed by atoms with Crippen molar-refractivity contribution in [2.75, 3.05) is 12.3 Å². The molecule has 0 aliphatic carbocycles. The minimum Gasteiger partial charge on any atom is -0.281 e. The molecule has 0 bridgehead atoms. The highest BCUT2D eigenvalue weighted by Crippen LogP contribution is 2.11. The van der Waals surface area contributed by atoms with E-state index < -0.39 is 15.3 Å². The third-order valence-corrected chi connectivity index (χ3v) is 4.89. The molecule has 4 nitrogen and oxygen atoms in total. The predicted octanol–water partition coefficient (Wildman–Crippen LogP) is 2.38. The molecular weight excluding hydrogens is 286 g/mol. The Morgan fingerprint density at radius 3 is 2.42 bits per heavy atom. The number of carbonyl (C=O) groups excluding carboxylic acids is 1. The Balaban J connectivity index is 2.65. The van der Waals surface area contributed by atoms with Crippen LogP contribution in [0.15, 0.2) is 30.3 Å². The van der Waals surface area contributed by atoms with Crippen LogP contribution in [0.1, 0.15) is 25.3 Å². The minimum absolute atomic E-state index is 0.0495. The average molecular weight is 304 g/mol. The van der Waals surface area contributed by atoms with Gasteiger partial charge >= 0.3 is 0 Å². The first-order valence-corrected chi connectivity index (χ1v) is 8.14. The summed E-state index contributed by atoms with van der Waals surface area (Å²) in [6, 6.07) is 9.42. The van der Waals surface area contributed by atoms with Gasteiger partial charge in [0.15, 0.2) is 0 Å². The maximum absolute atomic E-state index is 12.1. The molecule has 0 atom stereocenters. The maximum Gasteiger partial charge on any atom is 0.221 e. The smallest absolute Gasteiger partial charge is 0.221 e. The van der Waals surface area contributed by atoms with Gasteiger partial charge < -0.3 is 0 Å². The van der Waals surface area contributed by atoms with Crippen molar-refractivity contribution in [3.05, 3.63) is 35.9 Å². The van der Waals surface area contributed by atoms with Crippen LogP contribution in [0.2, 0.25) is 0 Å². The molecule has 19 heavy (non-hydrogen) atoms. The van der Waals surface area contributed by atoms with Crippen molar-refractivity contribution in [1.29, 1.82) is 0 Å². The van der Waals surface area contributed by atoms with Gasteiger partial charge in [-0.25, -0.2) is 8.42 Å². The van der Waals surface area contributed by atoms with Gasteiger partial charge in [0, 0.05) is 19.5 Å². The third-order valence-electron chi connectivity index (χ3n) is 2.72. The van der Waals surface area contributed by atoms with E-state index in [1.54, 1.807) is 6.92 Å². The summed E-state index contributed by atoms with van der Waals surface area (Å²) in [6.45, 7) is 2.56. The molecule has 0 aliphatic heterocycles. The zero-order valence-corrected chi connectivity index (χ0v) is 12.5. The molecule has 0 fully saturated rings. The number of nitrogens with zero attached hydrogens (tertiary/aromatic N) is 1. The fraction of sp³-hybridized carbons (Fsp3) is 0.462. The average Bonchev–Trinajstić information content (AvgIpc) is 2.36. The van der Waals surface area contributed by atoms with Crippen molar-refractivity contribution in [2.24, 2.45) is 0 Å². The van der Waals surface area contributed by atoms with E-state index in [9.17, 15) is 13.2 Å². The lowest BCUT2D eigenvalue weighted by Gasteiger charge is -2.20. The first-order chi connectivity index (χ1) is 8.95. The van der Waals surface area contributed by atoms with Crippen LogP contribution >= 0.6 is 11.6 Å². The van der Waals surface area contributed by atoms with E-state index in [1.165, 1.54) is 4.31 Å². The Kier molecular flexibility index (Phi) is 6.48. The normalized spacial score (nSPS) is 11.7. The summed E-state index contributed by atoms with van der Waals surface area (Å²) in [4.78, 5) is 10.6. The summed E-state index contributed by atoms with van der Waals surface area (Å²) in [5.74, 6) is -0.0495. The Morgan fingerprint density at radius 1 is 1.26 bits per heavy atom. The second kappa shape index (κ2) is 7.62. The second-order valence-electron chi connectivity index (χ2n) is 4.19. The number of benzene rings is 1. The molecule has 1 aromatic rings. The summed E-state index contributed by atoms with van der Waals surface area (Å²) < 4.78 is 25.7. The third kappa shape index (κ3) is 5.72. The van der Waals surface area contributed by atoms with Crippen molar-refractivity contribution >= 4 is 26.9 Å². The van der Waals surface area contributed by atoms with Gasteiger partial charge in [0.25, 0.3) is 0 Å². The lowest BCUT2D eigenvalue weighted by Crippen LogP contribution is -2.32. The van der Waals surface area contributed by atoms with Gasteiger partial charge in [0.2, 0.25) is 15.3 Å². The lowest BCUT2D eigenvalue weighted by atomic mass is 10.2. The topological polar surface area (TPSA) is 54.5 Å². The van der Waals surface area contributed by atoms with Crippen LogP contribution < -0.4 is 0 Å². The van der Waals surface area contributed by atoms with Gasteiger partial charge in [0.1, 0.15) is 0 Å². The molecule has 0 radical (unpaired) electrons. The van der Waals surface area contributed by atoms with E-state index in [-0.39, 0.29) is 18.6 Å². The number of halogens is 1. The first-order valence-electron chi connectivity index (χ1n) is 6.16. The highest BCUT2D eigenvalue weighted by Gasteiger charge is 2.20. The molecule has 0 N–H and O–H groups in total. The molecule has 1 rings (SSSR count). The summed E-state index contributed by atoms with van der Waals surface area (Å²) in [5.41, 5.74) is 0.946. The number of carbonyl (C=O) groups is 1. The highest BCUT2D eigenvalue weighted by atomic mass is 35.5.